The van der Waals surface area contributed by atoms with Gasteiger partial charge in [-0.25, -0.2) is 9.98 Å². The van der Waals surface area contributed by atoms with Crippen LogP contribution in [0.4, 0.5) is 0 Å². The fraction of sp³-hybridized carbons (Fsp3) is 0.294. The van der Waals surface area contributed by atoms with E-state index in [1.165, 1.54) is 6.92 Å². The van der Waals surface area contributed by atoms with E-state index in [-0.39, 0.29) is 122 Å². The minimum absolute atomic E-state index is 0. The van der Waals surface area contributed by atoms with E-state index >= 15 is 0 Å². The molecular weight excluding hydrogens is 678 g/mol. The van der Waals surface area contributed by atoms with Crippen molar-refractivity contribution in [2.45, 2.75) is 53.4 Å². The maximum absolute atomic E-state index is 12.5. The van der Waals surface area contributed by atoms with Crippen LogP contribution in [0.15, 0.2) is 85.4 Å². The Morgan fingerprint density at radius 3 is 2.23 bits per heavy atom. The number of hydrogen-bond acceptors (Lipinski definition) is 10. The van der Waals surface area contributed by atoms with Gasteiger partial charge in [-0.05, 0) is 73.1 Å². The van der Waals surface area contributed by atoms with Crippen LogP contribution in [0.5, 0.6) is 0 Å². The second-order valence-electron chi connectivity index (χ2n) is 11.2. The first-order valence-electron chi connectivity index (χ1n) is 14.5. The molecule has 0 N–H and O–H groups in total. The van der Waals surface area contributed by atoms with Gasteiger partial charge >= 0.3 is 76.2 Å². The molecule has 0 spiro atoms. The molecule has 4 aliphatic rings. The molecule has 8 bridgehead atoms. The van der Waals surface area contributed by atoms with E-state index in [0.29, 0.717) is 52.3 Å². The predicted molar refractivity (Wildman–Crippen MR) is 159 cm³/mol. The Morgan fingerprint density at radius 1 is 0.979 bits per heavy atom. The number of rotatable bonds is 8. The van der Waals surface area contributed by atoms with Crippen molar-refractivity contribution in [1.82, 2.24) is 4.98 Å². The van der Waals surface area contributed by atoms with Gasteiger partial charge in [-0.15, -0.1) is 17.0 Å². The van der Waals surface area contributed by atoms with Crippen LogP contribution in [-0.4, -0.2) is 35.0 Å². The Morgan fingerprint density at radius 2 is 1.67 bits per heavy atom. The summed E-state index contributed by atoms with van der Waals surface area (Å²) in [7, 11) is 0. The largest absolute Gasteiger partial charge is 3.00 e. The zero-order chi connectivity index (χ0) is 32.7. The quantitative estimate of drug-likeness (QED) is 0.188. The number of carboxylic acids is 3. The van der Waals surface area contributed by atoms with E-state index in [1.54, 1.807) is 24.3 Å². The monoisotopic (exact) mass is 707 g/mol. The molecule has 5 rings (SSSR count). The number of aliphatic carboxylic acids is 2. The van der Waals surface area contributed by atoms with Gasteiger partial charge in [-0.3, -0.25) is 4.99 Å². The molecule has 1 radical (unpaired) electrons. The predicted octanol–water partition coefficient (Wildman–Crippen LogP) is -7.27. The summed E-state index contributed by atoms with van der Waals surface area (Å²) in [6.07, 6.45) is 6.76. The minimum Gasteiger partial charge on any atom is -0.877 e. The first kappa shape index (κ1) is 41.4. The molecule has 4 aliphatic heterocycles. The van der Waals surface area contributed by atoms with Crippen LogP contribution in [0, 0.1) is 18.8 Å². The Balaban J connectivity index is 0.00000267. The number of hydrogen-bond donors (Lipinski definition) is 0. The van der Waals surface area contributed by atoms with Crippen LogP contribution < -0.4 is 95.2 Å². The SMILES string of the molecule is C=CC1=C(C)C2=NC1=CC1=NC(=C(CC)/C1=C\[O-])C=c1[n-]c(c(C(=O)[O-])c1C)=C(CC(=O)[O-])C1=NC(=C2)[C@@H](C)[C@@H]1CCC(=O)[O-].[Fe+3].[Na+].[Na+]. The van der Waals surface area contributed by atoms with Crippen molar-refractivity contribution in [2.24, 2.45) is 26.8 Å². The number of carbonyl (C=O) groups excluding carboxylic acids is 3. The minimum atomic E-state index is -1.58. The molecule has 1 aromatic rings. The van der Waals surface area contributed by atoms with Crippen LogP contribution in [0.1, 0.15) is 62.4 Å². The summed E-state index contributed by atoms with van der Waals surface area (Å²) >= 11 is 0. The van der Waals surface area contributed by atoms with Crippen LogP contribution in [-0.2, 0) is 26.7 Å². The fourth-order valence-electron chi connectivity index (χ4n) is 6.29. The zero-order valence-electron chi connectivity index (χ0n) is 27.6. The van der Waals surface area contributed by atoms with Gasteiger partial charge in [0.15, 0.2) is 0 Å². The summed E-state index contributed by atoms with van der Waals surface area (Å²) in [5.74, 6) is -5.40. The van der Waals surface area contributed by atoms with Gasteiger partial charge in [-0.2, -0.15) is 0 Å². The Bertz CT molecular complexity index is 1980. The van der Waals surface area contributed by atoms with Crippen molar-refractivity contribution in [3.63, 3.8) is 0 Å². The number of aliphatic imine (C=N–C) groups is 3. The van der Waals surface area contributed by atoms with Crippen molar-refractivity contribution >= 4 is 46.7 Å². The Labute approximate surface area is 332 Å². The molecule has 0 aromatic carbocycles. The molecule has 5 heterocycles. The van der Waals surface area contributed by atoms with E-state index in [4.69, 9.17) is 15.0 Å². The van der Waals surface area contributed by atoms with Crippen molar-refractivity contribution in [3.8, 4) is 0 Å². The van der Waals surface area contributed by atoms with Crippen molar-refractivity contribution < 1.29 is 111 Å². The van der Waals surface area contributed by atoms with E-state index in [9.17, 15) is 34.8 Å². The molecule has 0 amide bonds. The molecule has 48 heavy (non-hydrogen) atoms. The van der Waals surface area contributed by atoms with Gasteiger partial charge in [0.25, 0.3) is 0 Å². The second kappa shape index (κ2) is 16.7. The maximum atomic E-state index is 12.5. The van der Waals surface area contributed by atoms with Crippen LogP contribution in [0.25, 0.3) is 11.6 Å². The van der Waals surface area contributed by atoms with Gasteiger partial charge in [0.05, 0.1) is 28.8 Å². The van der Waals surface area contributed by atoms with Gasteiger partial charge in [0.2, 0.25) is 0 Å². The van der Waals surface area contributed by atoms with Crippen molar-refractivity contribution in [2.75, 3.05) is 0 Å². The number of carbonyl (C=O) groups is 3. The molecular formula is C34H29FeN4Na2O7. The van der Waals surface area contributed by atoms with Gasteiger partial charge < -0.3 is 39.8 Å². The average molecular weight is 707 g/mol. The number of nitrogens with zero attached hydrogens (tertiary/aromatic N) is 4. The number of aromatic nitrogens is 1. The standard InChI is InChI=1S/C34H34N4O7.Fe.2Na/c1-6-18-15(3)23-11-24-16(4)20(8-9-29(40)41)32(37-24)21(10-30(42)43)33-31(34(44)45)17(5)25(38-33)12-27-19(7-2)22(14-39)28(36-27)13-26(18)35-23;;;/h6,11-14,16,20H,1,7-10H2,2-5H3,(H5,35,36,37,38,39,40,41,42,43,44,45);;;/q;+3;2*+1/p-5/t16-,20-;;;/m0.../s1. The van der Waals surface area contributed by atoms with Crippen molar-refractivity contribution in [3.05, 3.63) is 92.3 Å². The first-order valence-corrected chi connectivity index (χ1v) is 14.5. The van der Waals surface area contributed by atoms with E-state index < -0.39 is 36.2 Å². The summed E-state index contributed by atoms with van der Waals surface area (Å²) in [5.41, 5.74) is 4.82. The van der Waals surface area contributed by atoms with Crippen LogP contribution >= 0.6 is 0 Å². The molecule has 0 aliphatic carbocycles. The van der Waals surface area contributed by atoms with E-state index in [2.05, 4.69) is 11.6 Å². The molecule has 0 fully saturated rings. The first-order chi connectivity index (χ1) is 21.4. The molecule has 0 unspecified atom stereocenters. The number of carboxylic acid groups (broad SMARTS) is 3. The summed E-state index contributed by atoms with van der Waals surface area (Å²) < 4.78 is 0. The third-order valence-corrected chi connectivity index (χ3v) is 8.64. The van der Waals surface area contributed by atoms with Gasteiger partial charge in [-0.1, -0.05) is 38.1 Å². The van der Waals surface area contributed by atoms with Crippen LogP contribution in [0.3, 0.4) is 0 Å². The molecule has 0 saturated heterocycles. The molecule has 2 atom stereocenters. The summed E-state index contributed by atoms with van der Waals surface area (Å²) in [4.78, 5) is 55.0. The summed E-state index contributed by atoms with van der Waals surface area (Å²) in [6.45, 7) is 11.0. The normalized spacial score (nSPS) is 20.4. The van der Waals surface area contributed by atoms with Gasteiger partial charge in [0, 0.05) is 47.2 Å². The number of fused-ring (bicyclic) bond motifs is 5. The van der Waals surface area contributed by atoms with E-state index in [0.717, 1.165) is 11.1 Å². The summed E-state index contributed by atoms with van der Waals surface area (Å²) in [5, 5.41) is 48.5. The number of aromatic carboxylic acids is 1. The van der Waals surface area contributed by atoms with Crippen molar-refractivity contribution in [1.29, 1.82) is 0 Å². The van der Waals surface area contributed by atoms with Gasteiger partial charge in [0.1, 0.15) is 0 Å². The number of allylic oxidation sites excluding steroid dienone is 8. The fourth-order valence-corrected chi connectivity index (χ4v) is 6.29. The maximum Gasteiger partial charge on any atom is 3.00 e. The molecule has 1 aromatic heterocycles. The third kappa shape index (κ3) is 7.66. The third-order valence-electron chi connectivity index (χ3n) is 8.64. The Hall–Kier alpha value is -2.80. The molecule has 0 saturated carbocycles. The smallest absolute Gasteiger partial charge is 0.877 e. The molecule has 14 heteroatoms. The van der Waals surface area contributed by atoms with Crippen LogP contribution in [0.2, 0.25) is 0 Å². The van der Waals surface area contributed by atoms with E-state index in [1.807, 2.05) is 20.8 Å². The Kier molecular flexibility index (Phi) is 14.4. The second-order valence-corrected chi connectivity index (χ2v) is 11.2. The topological polar surface area (TPSA) is 195 Å². The summed E-state index contributed by atoms with van der Waals surface area (Å²) in [6, 6.07) is 0. The average Bonchev–Trinajstić information content (AvgIpc) is 3.67. The molecule has 237 valence electrons. The zero-order valence-corrected chi connectivity index (χ0v) is 32.7. The molecule has 11 nitrogen and oxygen atoms in total.